The zero-order valence-electron chi connectivity index (χ0n) is 20.2. The third kappa shape index (κ3) is 5.78. The first-order chi connectivity index (χ1) is 17.0. The van der Waals surface area contributed by atoms with Gasteiger partial charge < -0.3 is 10.2 Å². The van der Waals surface area contributed by atoms with Crippen molar-refractivity contribution in [3.8, 4) is 0 Å². The Hall–Kier alpha value is -3.48. The standard InChI is InChI=1S/C28H33N3O4/c1-20(26(33)29-22-13-6-3-7-14-22)31(19-21-11-4-2-5-12-21)25(32)17-10-18-30-27(34)23-15-8-9-16-24(23)28(30)35/h2,4-5,8-9,11-12,15-16,20,22H,3,6-7,10,13-14,17-19H2,1H3,(H,29,33)/t20-/m1/s1. The molecule has 7 nitrogen and oxygen atoms in total. The summed E-state index contributed by atoms with van der Waals surface area (Å²) in [6, 6.07) is 15.9. The van der Waals surface area contributed by atoms with Crippen molar-refractivity contribution >= 4 is 23.6 Å². The summed E-state index contributed by atoms with van der Waals surface area (Å²) >= 11 is 0. The van der Waals surface area contributed by atoms with Gasteiger partial charge in [0.25, 0.3) is 11.8 Å². The Morgan fingerprint density at radius 2 is 1.54 bits per heavy atom. The summed E-state index contributed by atoms with van der Waals surface area (Å²) in [4.78, 5) is 54.4. The van der Waals surface area contributed by atoms with E-state index in [9.17, 15) is 19.2 Å². The number of rotatable bonds is 9. The second kappa shape index (κ2) is 11.3. The lowest BCUT2D eigenvalue weighted by Crippen LogP contribution is -2.50. The number of fused-ring (bicyclic) bond motifs is 1. The molecule has 4 amide bonds. The van der Waals surface area contributed by atoms with E-state index in [-0.39, 0.29) is 42.6 Å². The monoisotopic (exact) mass is 475 g/mol. The van der Waals surface area contributed by atoms with Crippen molar-refractivity contribution in [3.63, 3.8) is 0 Å². The molecule has 1 aliphatic carbocycles. The van der Waals surface area contributed by atoms with Gasteiger partial charge in [0.1, 0.15) is 6.04 Å². The first-order valence-corrected chi connectivity index (χ1v) is 12.5. The predicted molar refractivity (Wildman–Crippen MR) is 133 cm³/mol. The molecular weight excluding hydrogens is 442 g/mol. The minimum Gasteiger partial charge on any atom is -0.352 e. The summed E-state index contributed by atoms with van der Waals surface area (Å²) in [6.45, 7) is 2.26. The Morgan fingerprint density at radius 3 is 2.17 bits per heavy atom. The van der Waals surface area contributed by atoms with Crippen LogP contribution in [0.4, 0.5) is 0 Å². The predicted octanol–water partition coefficient (Wildman–Crippen LogP) is 3.93. The van der Waals surface area contributed by atoms with Crippen molar-refractivity contribution in [2.24, 2.45) is 0 Å². The van der Waals surface area contributed by atoms with E-state index >= 15 is 0 Å². The topological polar surface area (TPSA) is 86.8 Å². The molecule has 0 aromatic heterocycles. The SMILES string of the molecule is C[C@H](C(=O)NC1CCCCC1)N(Cc1ccccc1)C(=O)CCCN1C(=O)c2ccccc2C1=O. The second-order valence-corrected chi connectivity index (χ2v) is 9.44. The van der Waals surface area contributed by atoms with E-state index in [0.29, 0.717) is 24.1 Å². The van der Waals surface area contributed by atoms with Gasteiger partial charge in [-0.05, 0) is 43.9 Å². The summed E-state index contributed by atoms with van der Waals surface area (Å²) < 4.78 is 0. The first-order valence-electron chi connectivity index (χ1n) is 12.5. The molecular formula is C28H33N3O4. The Morgan fingerprint density at radius 1 is 0.943 bits per heavy atom. The number of carbonyl (C=O) groups excluding carboxylic acids is 4. The molecule has 4 rings (SSSR count). The van der Waals surface area contributed by atoms with Crippen molar-refractivity contribution in [3.05, 3.63) is 71.3 Å². The van der Waals surface area contributed by atoms with Crippen molar-refractivity contribution in [2.75, 3.05) is 6.54 Å². The zero-order valence-corrected chi connectivity index (χ0v) is 20.2. The van der Waals surface area contributed by atoms with E-state index < -0.39 is 6.04 Å². The number of benzene rings is 2. The van der Waals surface area contributed by atoms with Crippen LogP contribution in [0.15, 0.2) is 54.6 Å². The van der Waals surface area contributed by atoms with Gasteiger partial charge in [0.2, 0.25) is 11.8 Å². The number of imide groups is 1. The van der Waals surface area contributed by atoms with E-state index in [1.54, 1.807) is 36.1 Å². The fourth-order valence-electron chi connectivity index (χ4n) is 4.91. The van der Waals surface area contributed by atoms with Crippen LogP contribution in [0.3, 0.4) is 0 Å². The fourth-order valence-corrected chi connectivity index (χ4v) is 4.91. The Balaban J connectivity index is 1.39. The molecule has 2 aromatic carbocycles. The van der Waals surface area contributed by atoms with Gasteiger partial charge in [-0.3, -0.25) is 24.1 Å². The van der Waals surface area contributed by atoms with Crippen LogP contribution < -0.4 is 5.32 Å². The Labute approximate surface area is 206 Å². The molecule has 1 saturated carbocycles. The Kier molecular flexibility index (Phi) is 7.95. The molecule has 0 radical (unpaired) electrons. The van der Waals surface area contributed by atoms with Crippen molar-refractivity contribution < 1.29 is 19.2 Å². The summed E-state index contributed by atoms with van der Waals surface area (Å²) in [6.07, 6.45) is 5.87. The molecule has 1 aliphatic heterocycles. The highest BCUT2D eigenvalue weighted by atomic mass is 16.2. The molecule has 0 spiro atoms. The van der Waals surface area contributed by atoms with Crippen LogP contribution in [-0.2, 0) is 16.1 Å². The van der Waals surface area contributed by atoms with Crippen LogP contribution in [0.25, 0.3) is 0 Å². The lowest BCUT2D eigenvalue weighted by atomic mass is 9.95. The minimum atomic E-state index is -0.621. The van der Waals surface area contributed by atoms with Crippen LogP contribution >= 0.6 is 0 Å². The van der Waals surface area contributed by atoms with Gasteiger partial charge in [0.05, 0.1) is 11.1 Å². The van der Waals surface area contributed by atoms with Crippen LogP contribution in [0.1, 0.15) is 78.1 Å². The molecule has 0 unspecified atom stereocenters. The molecule has 1 N–H and O–H groups in total. The van der Waals surface area contributed by atoms with E-state index in [0.717, 1.165) is 31.2 Å². The van der Waals surface area contributed by atoms with Crippen molar-refractivity contribution in [1.29, 1.82) is 0 Å². The fraction of sp³-hybridized carbons (Fsp3) is 0.429. The van der Waals surface area contributed by atoms with Gasteiger partial charge in [-0.15, -0.1) is 0 Å². The average molecular weight is 476 g/mol. The highest BCUT2D eigenvalue weighted by Gasteiger charge is 2.35. The van der Waals surface area contributed by atoms with Gasteiger partial charge in [-0.1, -0.05) is 61.7 Å². The largest absolute Gasteiger partial charge is 0.352 e. The minimum absolute atomic E-state index is 0.137. The summed E-state index contributed by atoms with van der Waals surface area (Å²) in [5.41, 5.74) is 1.75. The van der Waals surface area contributed by atoms with Crippen LogP contribution in [-0.4, -0.2) is 52.1 Å². The average Bonchev–Trinajstić information content (AvgIpc) is 3.13. The molecule has 0 bridgehead atoms. The maximum absolute atomic E-state index is 13.3. The maximum Gasteiger partial charge on any atom is 0.261 e. The van der Waals surface area contributed by atoms with E-state index in [2.05, 4.69) is 5.32 Å². The molecule has 7 heteroatoms. The molecule has 2 aliphatic rings. The molecule has 184 valence electrons. The lowest BCUT2D eigenvalue weighted by molar-refractivity contribution is -0.141. The first kappa shape index (κ1) is 24.6. The third-order valence-electron chi connectivity index (χ3n) is 6.97. The molecule has 2 aromatic rings. The van der Waals surface area contributed by atoms with E-state index in [1.807, 2.05) is 30.3 Å². The number of nitrogens with one attached hydrogen (secondary N) is 1. The lowest BCUT2D eigenvalue weighted by Gasteiger charge is -2.31. The zero-order chi connectivity index (χ0) is 24.8. The Bertz CT molecular complexity index is 1040. The van der Waals surface area contributed by atoms with E-state index in [1.165, 1.54) is 11.3 Å². The molecule has 1 fully saturated rings. The number of hydrogen-bond donors (Lipinski definition) is 1. The number of carbonyl (C=O) groups is 4. The van der Waals surface area contributed by atoms with Gasteiger partial charge in [-0.25, -0.2) is 0 Å². The van der Waals surface area contributed by atoms with Gasteiger partial charge in [0.15, 0.2) is 0 Å². The number of hydrogen-bond acceptors (Lipinski definition) is 4. The quantitative estimate of drug-likeness (QED) is 0.557. The van der Waals surface area contributed by atoms with Crippen LogP contribution in [0.2, 0.25) is 0 Å². The molecule has 1 atom stereocenters. The summed E-state index contributed by atoms with van der Waals surface area (Å²) in [7, 11) is 0. The molecule has 35 heavy (non-hydrogen) atoms. The number of amides is 4. The number of nitrogens with zero attached hydrogens (tertiary/aromatic N) is 2. The normalized spacial score (nSPS) is 16.7. The van der Waals surface area contributed by atoms with E-state index in [4.69, 9.17) is 0 Å². The highest BCUT2D eigenvalue weighted by Crippen LogP contribution is 2.23. The second-order valence-electron chi connectivity index (χ2n) is 9.44. The van der Waals surface area contributed by atoms with Gasteiger partial charge in [-0.2, -0.15) is 0 Å². The van der Waals surface area contributed by atoms with Gasteiger partial charge >= 0.3 is 0 Å². The van der Waals surface area contributed by atoms with Crippen LogP contribution in [0, 0.1) is 0 Å². The maximum atomic E-state index is 13.3. The summed E-state index contributed by atoms with van der Waals surface area (Å²) in [5.74, 6) is -0.947. The van der Waals surface area contributed by atoms with Crippen molar-refractivity contribution in [2.45, 2.75) is 70.5 Å². The van der Waals surface area contributed by atoms with Crippen LogP contribution in [0.5, 0.6) is 0 Å². The molecule has 1 heterocycles. The summed E-state index contributed by atoms with van der Waals surface area (Å²) in [5, 5.41) is 3.13. The molecule has 0 saturated heterocycles. The van der Waals surface area contributed by atoms with Gasteiger partial charge in [0, 0.05) is 25.6 Å². The third-order valence-corrected chi connectivity index (χ3v) is 6.97. The van der Waals surface area contributed by atoms with Crippen molar-refractivity contribution in [1.82, 2.24) is 15.1 Å². The highest BCUT2D eigenvalue weighted by molar-refractivity contribution is 6.21. The smallest absolute Gasteiger partial charge is 0.261 e.